The van der Waals surface area contributed by atoms with Crippen molar-refractivity contribution < 1.29 is 0 Å². The lowest BCUT2D eigenvalue weighted by Gasteiger charge is -2.08. The summed E-state index contributed by atoms with van der Waals surface area (Å²) in [4.78, 5) is 0. The third-order valence-electron chi connectivity index (χ3n) is 3.24. The van der Waals surface area contributed by atoms with E-state index >= 15 is 0 Å². The predicted molar refractivity (Wildman–Crippen MR) is 61.5 cm³/mol. The molecule has 2 rings (SSSR count). The van der Waals surface area contributed by atoms with Gasteiger partial charge in [0, 0.05) is 19.3 Å². The molecular formula is C12H21N3. The summed E-state index contributed by atoms with van der Waals surface area (Å²) in [6, 6.07) is 0.471. The van der Waals surface area contributed by atoms with E-state index in [0.717, 1.165) is 12.3 Å². The van der Waals surface area contributed by atoms with Gasteiger partial charge in [-0.1, -0.05) is 6.42 Å². The Kier molecular flexibility index (Phi) is 3.41. The number of aryl methyl sites for hydroxylation is 2. The molecule has 0 saturated heterocycles. The van der Waals surface area contributed by atoms with E-state index in [-0.39, 0.29) is 0 Å². The zero-order valence-corrected chi connectivity index (χ0v) is 9.52. The van der Waals surface area contributed by atoms with Crippen LogP contribution < -0.4 is 5.73 Å². The second-order valence-electron chi connectivity index (χ2n) is 4.77. The van der Waals surface area contributed by atoms with E-state index in [1.54, 1.807) is 0 Å². The SMILES string of the molecule is Cn1cc(CCCCC(N)C2CC2)cn1. The van der Waals surface area contributed by atoms with Crippen molar-refractivity contribution >= 4 is 0 Å². The van der Waals surface area contributed by atoms with Crippen LogP contribution in [0.25, 0.3) is 0 Å². The average Bonchev–Trinajstić information content (AvgIpc) is 2.98. The maximum Gasteiger partial charge on any atom is 0.0521 e. The highest BCUT2D eigenvalue weighted by molar-refractivity contribution is 5.03. The van der Waals surface area contributed by atoms with Gasteiger partial charge in [0.25, 0.3) is 0 Å². The van der Waals surface area contributed by atoms with Gasteiger partial charge in [-0.3, -0.25) is 4.68 Å². The second kappa shape index (κ2) is 4.79. The molecule has 1 aliphatic carbocycles. The van der Waals surface area contributed by atoms with Crippen LogP contribution in [0.2, 0.25) is 0 Å². The Morgan fingerprint density at radius 2 is 2.33 bits per heavy atom. The third kappa shape index (κ3) is 3.34. The van der Waals surface area contributed by atoms with E-state index in [9.17, 15) is 0 Å². The molecule has 1 atom stereocenters. The molecular weight excluding hydrogens is 186 g/mol. The van der Waals surface area contributed by atoms with Crippen LogP contribution in [0.5, 0.6) is 0 Å². The third-order valence-corrected chi connectivity index (χ3v) is 3.24. The summed E-state index contributed by atoms with van der Waals surface area (Å²) >= 11 is 0. The number of aromatic nitrogens is 2. The Bertz CT molecular complexity index is 302. The van der Waals surface area contributed by atoms with Crippen molar-refractivity contribution in [1.82, 2.24) is 9.78 Å². The van der Waals surface area contributed by atoms with Gasteiger partial charge in [0.05, 0.1) is 6.20 Å². The Morgan fingerprint density at radius 3 is 2.93 bits per heavy atom. The number of unbranched alkanes of at least 4 members (excludes halogenated alkanes) is 1. The standard InChI is InChI=1S/C12H21N3/c1-15-9-10(8-14-15)4-2-3-5-12(13)11-6-7-11/h8-9,11-12H,2-7,13H2,1H3. The van der Waals surface area contributed by atoms with Gasteiger partial charge < -0.3 is 5.73 Å². The molecule has 1 saturated carbocycles. The van der Waals surface area contributed by atoms with Crippen molar-refractivity contribution in [2.24, 2.45) is 18.7 Å². The first kappa shape index (κ1) is 10.7. The molecule has 1 heterocycles. The Labute approximate surface area is 91.7 Å². The maximum atomic E-state index is 6.05. The van der Waals surface area contributed by atoms with E-state index in [4.69, 9.17) is 5.73 Å². The fourth-order valence-electron chi connectivity index (χ4n) is 2.07. The second-order valence-corrected chi connectivity index (χ2v) is 4.77. The van der Waals surface area contributed by atoms with Crippen LogP contribution in [-0.2, 0) is 13.5 Å². The van der Waals surface area contributed by atoms with Crippen LogP contribution in [0.3, 0.4) is 0 Å². The van der Waals surface area contributed by atoms with Crippen LogP contribution >= 0.6 is 0 Å². The summed E-state index contributed by atoms with van der Waals surface area (Å²) in [5, 5.41) is 4.16. The molecule has 3 nitrogen and oxygen atoms in total. The Balaban J connectivity index is 1.58. The van der Waals surface area contributed by atoms with Crippen molar-refractivity contribution in [3.05, 3.63) is 18.0 Å². The van der Waals surface area contributed by atoms with E-state index in [1.807, 2.05) is 17.9 Å². The molecule has 2 N–H and O–H groups in total. The minimum absolute atomic E-state index is 0.471. The smallest absolute Gasteiger partial charge is 0.0521 e. The van der Waals surface area contributed by atoms with Crippen molar-refractivity contribution in [3.8, 4) is 0 Å². The highest BCUT2D eigenvalue weighted by Crippen LogP contribution is 2.33. The molecule has 0 aliphatic heterocycles. The lowest BCUT2D eigenvalue weighted by molar-refractivity contribution is 0.516. The molecule has 1 aliphatic rings. The fraction of sp³-hybridized carbons (Fsp3) is 0.750. The van der Waals surface area contributed by atoms with Gasteiger partial charge in [-0.2, -0.15) is 5.10 Å². The number of hydrogen-bond acceptors (Lipinski definition) is 2. The summed E-state index contributed by atoms with van der Waals surface area (Å²) in [6.07, 6.45) is 11.6. The molecule has 0 bridgehead atoms. The first-order chi connectivity index (χ1) is 7.25. The van der Waals surface area contributed by atoms with Gasteiger partial charge >= 0.3 is 0 Å². The lowest BCUT2D eigenvalue weighted by Crippen LogP contribution is -2.21. The molecule has 0 aromatic carbocycles. The van der Waals surface area contributed by atoms with E-state index in [1.165, 1.54) is 37.7 Å². The van der Waals surface area contributed by atoms with Crippen molar-refractivity contribution in [3.63, 3.8) is 0 Å². The summed E-state index contributed by atoms with van der Waals surface area (Å²) in [5.74, 6) is 0.850. The van der Waals surface area contributed by atoms with Gasteiger partial charge in [0.2, 0.25) is 0 Å². The van der Waals surface area contributed by atoms with Gasteiger partial charge in [0.1, 0.15) is 0 Å². The van der Waals surface area contributed by atoms with Crippen LogP contribution in [-0.4, -0.2) is 15.8 Å². The molecule has 0 radical (unpaired) electrons. The molecule has 0 spiro atoms. The molecule has 1 aromatic heterocycles. The summed E-state index contributed by atoms with van der Waals surface area (Å²) in [5.41, 5.74) is 7.39. The highest BCUT2D eigenvalue weighted by atomic mass is 15.2. The van der Waals surface area contributed by atoms with Gasteiger partial charge in [-0.15, -0.1) is 0 Å². The largest absolute Gasteiger partial charge is 0.327 e. The topological polar surface area (TPSA) is 43.8 Å². The van der Waals surface area contributed by atoms with Crippen molar-refractivity contribution in [1.29, 1.82) is 0 Å². The first-order valence-electron chi connectivity index (χ1n) is 5.99. The zero-order chi connectivity index (χ0) is 10.7. The normalized spacial score (nSPS) is 18.0. The minimum Gasteiger partial charge on any atom is -0.327 e. The summed E-state index contributed by atoms with van der Waals surface area (Å²) < 4.78 is 1.87. The predicted octanol–water partition coefficient (Wildman–Crippen LogP) is 1.87. The molecule has 3 heteroatoms. The number of rotatable bonds is 6. The number of nitrogens with zero attached hydrogens (tertiary/aromatic N) is 2. The molecule has 84 valence electrons. The molecule has 1 aromatic rings. The molecule has 0 amide bonds. The quantitative estimate of drug-likeness (QED) is 0.724. The Morgan fingerprint density at radius 1 is 1.53 bits per heavy atom. The average molecular weight is 207 g/mol. The van der Waals surface area contributed by atoms with Crippen molar-refractivity contribution in [2.45, 2.75) is 44.6 Å². The van der Waals surface area contributed by atoms with Gasteiger partial charge in [-0.25, -0.2) is 0 Å². The minimum atomic E-state index is 0.471. The number of hydrogen-bond donors (Lipinski definition) is 1. The molecule has 1 unspecified atom stereocenters. The lowest BCUT2D eigenvalue weighted by atomic mass is 10.0. The number of nitrogens with two attached hydrogens (primary N) is 1. The van der Waals surface area contributed by atoms with E-state index < -0.39 is 0 Å². The Hall–Kier alpha value is -0.830. The van der Waals surface area contributed by atoms with Gasteiger partial charge in [-0.05, 0) is 43.6 Å². The van der Waals surface area contributed by atoms with Crippen molar-refractivity contribution in [2.75, 3.05) is 0 Å². The monoisotopic (exact) mass is 207 g/mol. The van der Waals surface area contributed by atoms with Gasteiger partial charge in [0.15, 0.2) is 0 Å². The van der Waals surface area contributed by atoms with Crippen LogP contribution in [0.1, 0.15) is 37.7 Å². The molecule has 15 heavy (non-hydrogen) atoms. The first-order valence-corrected chi connectivity index (χ1v) is 5.99. The van der Waals surface area contributed by atoms with Crippen LogP contribution in [0.15, 0.2) is 12.4 Å². The zero-order valence-electron chi connectivity index (χ0n) is 9.52. The fourth-order valence-corrected chi connectivity index (χ4v) is 2.07. The maximum absolute atomic E-state index is 6.05. The van der Waals surface area contributed by atoms with E-state index in [0.29, 0.717) is 6.04 Å². The van der Waals surface area contributed by atoms with E-state index in [2.05, 4.69) is 11.3 Å². The highest BCUT2D eigenvalue weighted by Gasteiger charge is 2.27. The van der Waals surface area contributed by atoms with Crippen LogP contribution in [0.4, 0.5) is 0 Å². The molecule has 1 fully saturated rings. The summed E-state index contributed by atoms with van der Waals surface area (Å²) in [7, 11) is 1.96. The summed E-state index contributed by atoms with van der Waals surface area (Å²) in [6.45, 7) is 0. The van der Waals surface area contributed by atoms with Crippen LogP contribution in [0, 0.1) is 5.92 Å².